The average Bonchev–Trinajstić information content (AvgIpc) is 2.84. The molecule has 0 atom stereocenters. The SMILES string of the molecule is Cc1ccc(CNC(=O)c2[nH]c3ccccc3c2Cl)cc1. The van der Waals surface area contributed by atoms with E-state index in [0.29, 0.717) is 17.3 Å². The predicted molar refractivity (Wildman–Crippen MR) is 85.7 cm³/mol. The summed E-state index contributed by atoms with van der Waals surface area (Å²) < 4.78 is 0. The van der Waals surface area contributed by atoms with Crippen LogP contribution in [-0.4, -0.2) is 10.9 Å². The van der Waals surface area contributed by atoms with Gasteiger partial charge in [-0.1, -0.05) is 59.6 Å². The number of aromatic nitrogens is 1. The molecule has 4 heteroatoms. The van der Waals surface area contributed by atoms with Crippen molar-refractivity contribution in [2.75, 3.05) is 0 Å². The number of fused-ring (bicyclic) bond motifs is 1. The highest BCUT2D eigenvalue weighted by molar-refractivity contribution is 6.38. The summed E-state index contributed by atoms with van der Waals surface area (Å²) in [5.41, 5.74) is 3.53. The zero-order valence-electron chi connectivity index (χ0n) is 11.6. The smallest absolute Gasteiger partial charge is 0.269 e. The lowest BCUT2D eigenvalue weighted by Crippen LogP contribution is -2.23. The molecule has 0 saturated heterocycles. The van der Waals surface area contributed by atoms with Gasteiger partial charge in [0.1, 0.15) is 5.69 Å². The van der Waals surface area contributed by atoms with Crippen LogP contribution in [0.5, 0.6) is 0 Å². The van der Waals surface area contributed by atoms with Crippen LogP contribution in [0.1, 0.15) is 21.6 Å². The summed E-state index contributed by atoms with van der Waals surface area (Å²) in [7, 11) is 0. The van der Waals surface area contributed by atoms with Crippen LogP contribution in [0.15, 0.2) is 48.5 Å². The van der Waals surface area contributed by atoms with Crippen molar-refractivity contribution in [2.24, 2.45) is 0 Å². The molecule has 0 spiro atoms. The van der Waals surface area contributed by atoms with Gasteiger partial charge in [-0.15, -0.1) is 0 Å². The van der Waals surface area contributed by atoms with Crippen molar-refractivity contribution in [2.45, 2.75) is 13.5 Å². The number of aromatic amines is 1. The summed E-state index contributed by atoms with van der Waals surface area (Å²) in [6.07, 6.45) is 0. The third-order valence-corrected chi connectivity index (χ3v) is 3.84. The third kappa shape index (κ3) is 2.78. The summed E-state index contributed by atoms with van der Waals surface area (Å²) in [4.78, 5) is 15.3. The van der Waals surface area contributed by atoms with E-state index in [1.54, 1.807) is 0 Å². The molecule has 3 rings (SSSR count). The molecule has 3 aromatic rings. The van der Waals surface area contributed by atoms with Gasteiger partial charge in [0.05, 0.1) is 5.02 Å². The van der Waals surface area contributed by atoms with Gasteiger partial charge in [-0.25, -0.2) is 0 Å². The lowest BCUT2D eigenvalue weighted by Gasteiger charge is -2.05. The largest absolute Gasteiger partial charge is 0.349 e. The minimum Gasteiger partial charge on any atom is -0.349 e. The van der Waals surface area contributed by atoms with E-state index in [0.717, 1.165) is 16.5 Å². The molecule has 1 heterocycles. The maximum absolute atomic E-state index is 12.2. The van der Waals surface area contributed by atoms with Gasteiger partial charge in [-0.3, -0.25) is 4.79 Å². The van der Waals surface area contributed by atoms with Gasteiger partial charge in [-0.2, -0.15) is 0 Å². The molecule has 2 N–H and O–H groups in total. The monoisotopic (exact) mass is 298 g/mol. The molecule has 0 aliphatic rings. The van der Waals surface area contributed by atoms with E-state index in [-0.39, 0.29) is 5.91 Å². The molecule has 0 unspecified atom stereocenters. The minimum absolute atomic E-state index is 0.197. The Morgan fingerprint density at radius 2 is 1.86 bits per heavy atom. The molecule has 0 saturated carbocycles. The van der Waals surface area contributed by atoms with Crippen LogP contribution >= 0.6 is 11.6 Å². The van der Waals surface area contributed by atoms with Crippen LogP contribution in [0.4, 0.5) is 0 Å². The minimum atomic E-state index is -0.197. The van der Waals surface area contributed by atoms with Crippen molar-refractivity contribution in [3.63, 3.8) is 0 Å². The number of carbonyl (C=O) groups excluding carboxylic acids is 1. The highest BCUT2D eigenvalue weighted by Gasteiger charge is 2.15. The summed E-state index contributed by atoms with van der Waals surface area (Å²) in [5, 5.41) is 4.21. The molecule has 0 radical (unpaired) electrons. The normalized spacial score (nSPS) is 10.8. The summed E-state index contributed by atoms with van der Waals surface area (Å²) >= 11 is 6.26. The number of H-pyrrole nitrogens is 1. The number of carbonyl (C=O) groups is 1. The number of benzene rings is 2. The van der Waals surface area contributed by atoms with E-state index >= 15 is 0 Å². The van der Waals surface area contributed by atoms with Crippen LogP contribution in [0.2, 0.25) is 5.02 Å². The Hall–Kier alpha value is -2.26. The second-order valence-corrected chi connectivity index (χ2v) is 5.41. The molecule has 21 heavy (non-hydrogen) atoms. The lowest BCUT2D eigenvalue weighted by molar-refractivity contribution is 0.0947. The Kier molecular flexibility index (Phi) is 3.67. The molecule has 0 bridgehead atoms. The van der Waals surface area contributed by atoms with Crippen molar-refractivity contribution in [3.8, 4) is 0 Å². The molecule has 1 aromatic heterocycles. The fraction of sp³-hybridized carbons (Fsp3) is 0.118. The molecule has 3 nitrogen and oxygen atoms in total. The average molecular weight is 299 g/mol. The lowest BCUT2D eigenvalue weighted by atomic mass is 10.1. The van der Waals surface area contributed by atoms with E-state index < -0.39 is 0 Å². The number of amides is 1. The number of rotatable bonds is 3. The Balaban J connectivity index is 1.78. The zero-order chi connectivity index (χ0) is 14.8. The quantitative estimate of drug-likeness (QED) is 0.752. The number of halogens is 1. The zero-order valence-corrected chi connectivity index (χ0v) is 12.4. The number of para-hydroxylation sites is 1. The Bertz CT molecular complexity index is 790. The molecule has 2 aromatic carbocycles. The highest BCUT2D eigenvalue weighted by Crippen LogP contribution is 2.27. The third-order valence-electron chi connectivity index (χ3n) is 3.44. The summed E-state index contributed by atoms with van der Waals surface area (Å²) in [6, 6.07) is 15.7. The van der Waals surface area contributed by atoms with Gasteiger partial charge in [0, 0.05) is 17.4 Å². The number of hydrogen-bond donors (Lipinski definition) is 2. The van der Waals surface area contributed by atoms with Crippen LogP contribution < -0.4 is 5.32 Å². The molecule has 0 fully saturated rings. The van der Waals surface area contributed by atoms with E-state index in [4.69, 9.17) is 11.6 Å². The van der Waals surface area contributed by atoms with Crippen molar-refractivity contribution in [1.82, 2.24) is 10.3 Å². The van der Waals surface area contributed by atoms with Gasteiger partial charge < -0.3 is 10.3 Å². The molecule has 106 valence electrons. The van der Waals surface area contributed by atoms with Gasteiger partial charge in [-0.05, 0) is 18.6 Å². The van der Waals surface area contributed by atoms with E-state index in [1.165, 1.54) is 5.56 Å². The predicted octanol–water partition coefficient (Wildman–Crippen LogP) is 4.06. The first-order valence-electron chi connectivity index (χ1n) is 6.75. The first-order chi connectivity index (χ1) is 10.1. The first-order valence-corrected chi connectivity index (χ1v) is 7.13. The Labute approximate surface area is 127 Å². The van der Waals surface area contributed by atoms with Crippen LogP contribution in [-0.2, 0) is 6.54 Å². The highest BCUT2D eigenvalue weighted by atomic mass is 35.5. The Morgan fingerprint density at radius 3 is 2.57 bits per heavy atom. The van der Waals surface area contributed by atoms with Crippen molar-refractivity contribution in [1.29, 1.82) is 0 Å². The van der Waals surface area contributed by atoms with E-state index in [9.17, 15) is 4.79 Å². The summed E-state index contributed by atoms with van der Waals surface area (Å²) in [5.74, 6) is -0.197. The molecule has 1 amide bonds. The van der Waals surface area contributed by atoms with E-state index in [2.05, 4.69) is 10.3 Å². The topological polar surface area (TPSA) is 44.9 Å². The van der Waals surface area contributed by atoms with Crippen molar-refractivity contribution in [3.05, 3.63) is 70.4 Å². The molecular weight excluding hydrogens is 284 g/mol. The fourth-order valence-corrected chi connectivity index (χ4v) is 2.54. The fourth-order valence-electron chi connectivity index (χ4n) is 2.24. The van der Waals surface area contributed by atoms with Gasteiger partial charge in [0.2, 0.25) is 0 Å². The molecular formula is C17H15ClN2O. The van der Waals surface area contributed by atoms with Crippen LogP contribution in [0.25, 0.3) is 10.9 Å². The van der Waals surface area contributed by atoms with Crippen molar-refractivity contribution >= 4 is 28.4 Å². The molecule has 0 aliphatic heterocycles. The maximum Gasteiger partial charge on any atom is 0.269 e. The van der Waals surface area contributed by atoms with E-state index in [1.807, 2.05) is 55.5 Å². The van der Waals surface area contributed by atoms with Crippen molar-refractivity contribution < 1.29 is 4.79 Å². The van der Waals surface area contributed by atoms with Gasteiger partial charge in [0.25, 0.3) is 5.91 Å². The van der Waals surface area contributed by atoms with Crippen LogP contribution in [0.3, 0.4) is 0 Å². The maximum atomic E-state index is 12.2. The Morgan fingerprint density at radius 1 is 1.14 bits per heavy atom. The molecule has 0 aliphatic carbocycles. The van der Waals surface area contributed by atoms with Gasteiger partial charge >= 0.3 is 0 Å². The number of aryl methyl sites for hydroxylation is 1. The van der Waals surface area contributed by atoms with Gasteiger partial charge in [0.15, 0.2) is 0 Å². The summed E-state index contributed by atoms with van der Waals surface area (Å²) in [6.45, 7) is 2.51. The number of nitrogens with one attached hydrogen (secondary N) is 2. The number of hydrogen-bond acceptors (Lipinski definition) is 1. The second kappa shape index (κ2) is 5.62. The standard InChI is InChI=1S/C17H15ClN2O/c1-11-6-8-12(9-7-11)10-19-17(21)16-15(18)13-4-2-3-5-14(13)20-16/h2-9,20H,10H2,1H3,(H,19,21). The second-order valence-electron chi connectivity index (χ2n) is 5.03. The van der Waals surface area contributed by atoms with Crippen LogP contribution in [0, 0.1) is 6.92 Å². The first kappa shape index (κ1) is 13.7.